The lowest BCUT2D eigenvalue weighted by Crippen LogP contribution is -2.23. The third-order valence-electron chi connectivity index (χ3n) is 4.40. The van der Waals surface area contributed by atoms with Gasteiger partial charge in [-0.3, -0.25) is 0 Å². The molecule has 0 aliphatic carbocycles. The van der Waals surface area contributed by atoms with Crippen LogP contribution in [0.2, 0.25) is 0 Å². The van der Waals surface area contributed by atoms with Crippen molar-refractivity contribution in [3.05, 3.63) is 59.2 Å². The molecule has 25 heavy (non-hydrogen) atoms. The fourth-order valence-corrected chi connectivity index (χ4v) is 3.86. The zero-order chi connectivity index (χ0) is 18.2. The number of aromatic carboxylic acids is 1. The molecule has 0 amide bonds. The second-order valence-electron chi connectivity index (χ2n) is 6.25. The maximum atomic E-state index is 12.3. The van der Waals surface area contributed by atoms with Crippen molar-refractivity contribution in [2.45, 2.75) is 17.9 Å². The summed E-state index contributed by atoms with van der Waals surface area (Å²) in [5, 5.41) is 8.97. The van der Waals surface area contributed by atoms with E-state index in [2.05, 4.69) is 4.90 Å². The summed E-state index contributed by atoms with van der Waals surface area (Å²) in [5.74, 6) is -0.948. The summed E-state index contributed by atoms with van der Waals surface area (Å²) in [6.45, 7) is 1.42. The van der Waals surface area contributed by atoms with Crippen molar-refractivity contribution in [1.29, 1.82) is 0 Å². The second-order valence-corrected chi connectivity index (χ2v) is 8.40. The number of carboxylic acids is 1. The zero-order valence-corrected chi connectivity index (χ0v) is 15.0. The van der Waals surface area contributed by atoms with E-state index in [0.717, 1.165) is 29.8 Å². The number of benzene rings is 2. The maximum absolute atomic E-state index is 12.3. The van der Waals surface area contributed by atoms with E-state index < -0.39 is 16.0 Å². The van der Waals surface area contributed by atoms with Gasteiger partial charge in [0, 0.05) is 32.9 Å². The van der Waals surface area contributed by atoms with Crippen LogP contribution in [0, 0.1) is 0 Å². The van der Waals surface area contributed by atoms with Crippen LogP contribution < -0.4 is 4.90 Å². The third-order valence-corrected chi connectivity index (χ3v) is 6.21. The molecule has 0 bridgehead atoms. The highest BCUT2D eigenvalue weighted by molar-refractivity contribution is 7.89. The minimum absolute atomic E-state index is 0.255. The largest absolute Gasteiger partial charge is 0.478 e. The Morgan fingerprint density at radius 1 is 1.16 bits per heavy atom. The lowest BCUT2D eigenvalue weighted by Gasteiger charge is -2.21. The summed E-state index contributed by atoms with van der Waals surface area (Å²) in [7, 11) is -0.432. The van der Waals surface area contributed by atoms with Gasteiger partial charge >= 0.3 is 5.97 Å². The van der Waals surface area contributed by atoms with Gasteiger partial charge in [-0.1, -0.05) is 18.2 Å². The SMILES string of the molecule is CN(C)S(=O)(=O)c1ccc2c(c1)N(Cc1ccc(C(=O)O)cc1)CC2. The van der Waals surface area contributed by atoms with Gasteiger partial charge in [0.05, 0.1) is 10.5 Å². The minimum Gasteiger partial charge on any atom is -0.478 e. The number of carbonyl (C=O) groups is 1. The van der Waals surface area contributed by atoms with Crippen LogP contribution in [0.5, 0.6) is 0 Å². The summed E-state index contributed by atoms with van der Waals surface area (Å²) in [6, 6.07) is 12.0. The van der Waals surface area contributed by atoms with Crippen molar-refractivity contribution >= 4 is 21.7 Å². The molecule has 1 aliphatic heterocycles. The lowest BCUT2D eigenvalue weighted by atomic mass is 10.1. The van der Waals surface area contributed by atoms with Gasteiger partial charge in [0.2, 0.25) is 10.0 Å². The van der Waals surface area contributed by atoms with Crippen LogP contribution in [-0.4, -0.2) is 44.4 Å². The fourth-order valence-electron chi connectivity index (χ4n) is 2.93. The number of rotatable bonds is 5. The van der Waals surface area contributed by atoms with Crippen molar-refractivity contribution in [3.63, 3.8) is 0 Å². The van der Waals surface area contributed by atoms with E-state index in [4.69, 9.17) is 5.11 Å². The Kier molecular flexibility index (Phi) is 4.53. The Balaban J connectivity index is 1.87. The summed E-state index contributed by atoms with van der Waals surface area (Å²) >= 11 is 0. The molecule has 1 heterocycles. The van der Waals surface area contributed by atoms with Crippen molar-refractivity contribution < 1.29 is 18.3 Å². The first-order chi connectivity index (χ1) is 11.8. The Bertz CT molecular complexity index is 905. The normalized spacial score (nSPS) is 14.0. The van der Waals surface area contributed by atoms with Gasteiger partial charge in [-0.05, 0) is 41.8 Å². The number of hydrogen-bond donors (Lipinski definition) is 1. The Morgan fingerprint density at radius 2 is 1.84 bits per heavy atom. The molecule has 2 aromatic carbocycles. The molecule has 1 N–H and O–H groups in total. The number of sulfonamides is 1. The molecule has 132 valence electrons. The first-order valence-electron chi connectivity index (χ1n) is 7.91. The third kappa shape index (κ3) is 3.38. The predicted octanol–water partition coefficient (Wildman–Crippen LogP) is 2.20. The Morgan fingerprint density at radius 3 is 2.44 bits per heavy atom. The van der Waals surface area contributed by atoms with Crippen LogP contribution >= 0.6 is 0 Å². The zero-order valence-electron chi connectivity index (χ0n) is 14.1. The summed E-state index contributed by atoms with van der Waals surface area (Å²) in [4.78, 5) is 13.3. The number of fused-ring (bicyclic) bond motifs is 1. The fraction of sp³-hybridized carbons (Fsp3) is 0.278. The lowest BCUT2D eigenvalue weighted by molar-refractivity contribution is 0.0697. The smallest absolute Gasteiger partial charge is 0.335 e. The van der Waals surface area contributed by atoms with E-state index in [0.29, 0.717) is 6.54 Å². The van der Waals surface area contributed by atoms with Crippen LogP contribution in [0.4, 0.5) is 5.69 Å². The quantitative estimate of drug-likeness (QED) is 0.884. The van der Waals surface area contributed by atoms with E-state index in [1.807, 2.05) is 6.07 Å². The molecule has 2 aromatic rings. The van der Waals surface area contributed by atoms with E-state index in [-0.39, 0.29) is 10.5 Å². The van der Waals surface area contributed by atoms with Gasteiger partial charge in [0.1, 0.15) is 0 Å². The summed E-state index contributed by atoms with van der Waals surface area (Å²) in [6.07, 6.45) is 0.866. The van der Waals surface area contributed by atoms with E-state index in [1.165, 1.54) is 18.4 Å². The van der Waals surface area contributed by atoms with Crippen LogP contribution in [0.1, 0.15) is 21.5 Å². The van der Waals surface area contributed by atoms with Crippen molar-refractivity contribution in [3.8, 4) is 0 Å². The highest BCUT2D eigenvalue weighted by Gasteiger charge is 2.24. The first-order valence-corrected chi connectivity index (χ1v) is 9.35. The van der Waals surface area contributed by atoms with Crippen molar-refractivity contribution in [2.75, 3.05) is 25.5 Å². The summed E-state index contributed by atoms with van der Waals surface area (Å²) < 4.78 is 25.9. The van der Waals surface area contributed by atoms with E-state index >= 15 is 0 Å². The number of anilines is 1. The van der Waals surface area contributed by atoms with Gasteiger partial charge in [-0.15, -0.1) is 0 Å². The molecule has 3 rings (SSSR count). The van der Waals surface area contributed by atoms with Crippen LogP contribution in [0.25, 0.3) is 0 Å². The molecule has 0 saturated carbocycles. The van der Waals surface area contributed by atoms with Crippen LogP contribution in [0.3, 0.4) is 0 Å². The topological polar surface area (TPSA) is 77.9 Å². The molecule has 0 unspecified atom stereocenters. The van der Waals surface area contributed by atoms with Gasteiger partial charge in [-0.2, -0.15) is 0 Å². The van der Waals surface area contributed by atoms with Gasteiger partial charge in [0.15, 0.2) is 0 Å². The van der Waals surface area contributed by atoms with Crippen LogP contribution in [-0.2, 0) is 23.0 Å². The number of carboxylic acid groups (broad SMARTS) is 1. The predicted molar refractivity (Wildman–Crippen MR) is 95.5 cm³/mol. The molecule has 0 atom stereocenters. The first kappa shape index (κ1) is 17.4. The molecular formula is C18H20N2O4S. The molecule has 7 heteroatoms. The van der Waals surface area contributed by atoms with Gasteiger partial charge in [-0.25, -0.2) is 17.5 Å². The highest BCUT2D eigenvalue weighted by atomic mass is 32.2. The highest BCUT2D eigenvalue weighted by Crippen LogP contribution is 2.32. The number of nitrogens with zero attached hydrogens (tertiary/aromatic N) is 2. The van der Waals surface area contributed by atoms with Gasteiger partial charge < -0.3 is 10.0 Å². The molecule has 0 aromatic heterocycles. The molecule has 1 aliphatic rings. The minimum atomic E-state index is -3.47. The van der Waals surface area contributed by atoms with E-state index in [1.54, 1.807) is 36.4 Å². The molecule has 6 nitrogen and oxygen atoms in total. The number of hydrogen-bond acceptors (Lipinski definition) is 4. The Labute approximate surface area is 147 Å². The van der Waals surface area contributed by atoms with Gasteiger partial charge in [0.25, 0.3) is 0 Å². The molecule has 0 radical (unpaired) electrons. The molecule has 0 fully saturated rings. The van der Waals surface area contributed by atoms with E-state index in [9.17, 15) is 13.2 Å². The monoisotopic (exact) mass is 360 g/mol. The summed E-state index contributed by atoms with van der Waals surface area (Å²) in [5.41, 5.74) is 3.29. The maximum Gasteiger partial charge on any atom is 0.335 e. The average molecular weight is 360 g/mol. The molecule has 0 saturated heterocycles. The molecular weight excluding hydrogens is 340 g/mol. The molecule has 0 spiro atoms. The second kappa shape index (κ2) is 6.50. The Hall–Kier alpha value is -2.38. The van der Waals surface area contributed by atoms with Crippen molar-refractivity contribution in [2.24, 2.45) is 0 Å². The van der Waals surface area contributed by atoms with Crippen LogP contribution in [0.15, 0.2) is 47.4 Å². The standard InChI is InChI=1S/C18H20N2O4S/c1-19(2)25(23,24)16-8-7-14-9-10-20(17(14)11-16)12-13-3-5-15(6-4-13)18(21)22/h3-8,11H,9-10,12H2,1-2H3,(H,21,22). The van der Waals surface area contributed by atoms with Crippen molar-refractivity contribution in [1.82, 2.24) is 4.31 Å². The average Bonchev–Trinajstić information content (AvgIpc) is 2.97.